The van der Waals surface area contributed by atoms with Crippen LogP contribution < -0.4 is 9.80 Å². The first-order chi connectivity index (χ1) is 29.8. The minimum absolute atomic E-state index is 0.116. The van der Waals surface area contributed by atoms with Crippen molar-refractivity contribution in [2.45, 2.75) is 38.5 Å². The van der Waals surface area contributed by atoms with Gasteiger partial charge in [-0.15, -0.1) is 0 Å². The van der Waals surface area contributed by atoms with Crippen LogP contribution in [0.2, 0.25) is 0 Å². The first kappa shape index (κ1) is 35.6. The predicted octanol–water partition coefficient (Wildman–Crippen LogP) is 16.3. The molecule has 1 aliphatic heterocycles. The van der Waals surface area contributed by atoms with Gasteiger partial charge in [0.25, 0.3) is 0 Å². The summed E-state index contributed by atoms with van der Waals surface area (Å²) >= 11 is 0. The number of para-hydroxylation sites is 4. The average molecular weight is 785 g/mol. The van der Waals surface area contributed by atoms with E-state index in [0.29, 0.717) is 0 Å². The molecule has 292 valence electrons. The summed E-state index contributed by atoms with van der Waals surface area (Å²) in [5, 5.41) is 4.63. The molecular weight excluding hydrogens is 741 g/mol. The van der Waals surface area contributed by atoms with E-state index in [0.717, 1.165) is 55.8 Å². The Hall–Kier alpha value is -7.36. The largest absolute Gasteiger partial charge is 0.455 e. The summed E-state index contributed by atoms with van der Waals surface area (Å²) in [5.41, 5.74) is 18.4. The topological polar surface area (TPSA) is 19.6 Å². The van der Waals surface area contributed by atoms with Crippen molar-refractivity contribution >= 4 is 66.8 Å². The standard InChI is InChI=1S/C58H44N2O/c1-57(2)48-25-12-10-21-42(48)43-33-30-39(35-50(43)57)59(38-18-6-5-7-19-38)40-31-34-53-51(36-40)58(3,4)49-26-13-14-27-52(49)60(53)55-41-20-9-8-17-37(41)29-32-45(55)47-24-16-23-46-44-22-11-15-28-54(44)61-56(46)47/h5-36H,1-4H3. The molecule has 0 fully saturated rings. The molecule has 0 saturated heterocycles. The molecule has 0 unspecified atom stereocenters. The molecule has 0 saturated carbocycles. The van der Waals surface area contributed by atoms with Crippen LogP contribution in [0, 0.1) is 0 Å². The smallest absolute Gasteiger partial charge is 0.143 e. The first-order valence-corrected chi connectivity index (χ1v) is 21.4. The number of furan rings is 1. The molecule has 2 aliphatic rings. The maximum atomic E-state index is 6.73. The van der Waals surface area contributed by atoms with Gasteiger partial charge in [0.1, 0.15) is 11.2 Å². The van der Waals surface area contributed by atoms with Gasteiger partial charge in [0.05, 0.1) is 17.1 Å². The molecule has 0 bridgehead atoms. The zero-order valence-electron chi connectivity index (χ0n) is 34.8. The van der Waals surface area contributed by atoms with E-state index in [1.807, 2.05) is 6.07 Å². The van der Waals surface area contributed by atoms with Crippen molar-refractivity contribution in [1.29, 1.82) is 0 Å². The highest BCUT2D eigenvalue weighted by molar-refractivity contribution is 6.14. The summed E-state index contributed by atoms with van der Waals surface area (Å²) in [5.74, 6) is 0. The maximum Gasteiger partial charge on any atom is 0.143 e. The van der Waals surface area contributed by atoms with Crippen LogP contribution in [0.1, 0.15) is 49.9 Å². The van der Waals surface area contributed by atoms with Crippen LogP contribution in [0.4, 0.5) is 34.1 Å². The fourth-order valence-corrected chi connectivity index (χ4v) is 10.6. The van der Waals surface area contributed by atoms with E-state index in [9.17, 15) is 0 Å². The Morgan fingerprint density at radius 3 is 1.84 bits per heavy atom. The van der Waals surface area contributed by atoms with E-state index < -0.39 is 0 Å². The van der Waals surface area contributed by atoms with E-state index in [4.69, 9.17) is 4.42 Å². The molecule has 0 amide bonds. The van der Waals surface area contributed by atoms with Crippen molar-refractivity contribution in [1.82, 2.24) is 0 Å². The van der Waals surface area contributed by atoms with Gasteiger partial charge in [-0.25, -0.2) is 0 Å². The Kier molecular flexibility index (Phi) is 7.62. The summed E-state index contributed by atoms with van der Waals surface area (Å²) in [6.45, 7) is 9.48. The lowest BCUT2D eigenvalue weighted by atomic mass is 9.73. The molecule has 2 heterocycles. The number of anilines is 6. The second kappa shape index (κ2) is 13.1. The Balaban J connectivity index is 1.10. The van der Waals surface area contributed by atoms with Crippen molar-refractivity contribution in [3.05, 3.63) is 216 Å². The molecule has 61 heavy (non-hydrogen) atoms. The van der Waals surface area contributed by atoms with Crippen molar-refractivity contribution in [2.24, 2.45) is 0 Å². The number of benzene rings is 9. The molecule has 3 heteroatoms. The molecule has 10 aromatic rings. The third-order valence-electron chi connectivity index (χ3n) is 13.6. The van der Waals surface area contributed by atoms with Gasteiger partial charge in [-0.1, -0.05) is 167 Å². The molecule has 0 spiro atoms. The third-order valence-corrected chi connectivity index (χ3v) is 13.6. The molecule has 1 aliphatic carbocycles. The average Bonchev–Trinajstić information content (AvgIpc) is 3.79. The Morgan fingerprint density at radius 1 is 0.393 bits per heavy atom. The Labute approximate surface area is 356 Å². The van der Waals surface area contributed by atoms with Gasteiger partial charge >= 0.3 is 0 Å². The Bertz CT molecular complexity index is 3390. The first-order valence-electron chi connectivity index (χ1n) is 21.4. The van der Waals surface area contributed by atoms with Gasteiger partial charge in [0, 0.05) is 55.2 Å². The van der Waals surface area contributed by atoms with Crippen LogP contribution in [0.15, 0.2) is 199 Å². The minimum atomic E-state index is -0.314. The van der Waals surface area contributed by atoms with Gasteiger partial charge in [0.2, 0.25) is 0 Å². The van der Waals surface area contributed by atoms with E-state index in [1.54, 1.807) is 0 Å². The molecule has 0 N–H and O–H groups in total. The number of hydrogen-bond donors (Lipinski definition) is 0. The number of fused-ring (bicyclic) bond motifs is 9. The monoisotopic (exact) mass is 784 g/mol. The second-order valence-corrected chi connectivity index (χ2v) is 17.7. The number of rotatable bonds is 5. The molecule has 12 rings (SSSR count). The van der Waals surface area contributed by atoms with Crippen LogP contribution in [-0.4, -0.2) is 0 Å². The van der Waals surface area contributed by atoms with Gasteiger partial charge in [-0.3, -0.25) is 0 Å². The van der Waals surface area contributed by atoms with Crippen LogP contribution in [0.25, 0.3) is 55.0 Å². The highest BCUT2D eigenvalue weighted by Gasteiger charge is 2.40. The summed E-state index contributed by atoms with van der Waals surface area (Å²) in [4.78, 5) is 4.97. The molecule has 3 nitrogen and oxygen atoms in total. The SMILES string of the molecule is CC1(C)c2ccccc2-c2ccc(N(c3ccccc3)c3ccc4c(c3)C(C)(C)c3ccccc3N4c3c(-c4cccc5c4oc4ccccc45)ccc4ccccc34)cc21. The van der Waals surface area contributed by atoms with E-state index in [2.05, 4.69) is 226 Å². The molecular formula is C58H44N2O. The van der Waals surface area contributed by atoms with E-state index in [1.165, 1.54) is 55.5 Å². The summed E-state index contributed by atoms with van der Waals surface area (Å²) < 4.78 is 6.73. The molecule has 1 aromatic heterocycles. The van der Waals surface area contributed by atoms with E-state index >= 15 is 0 Å². The fraction of sp³-hybridized carbons (Fsp3) is 0.103. The molecule has 0 atom stereocenters. The van der Waals surface area contributed by atoms with Crippen LogP contribution in [0.3, 0.4) is 0 Å². The fourth-order valence-electron chi connectivity index (χ4n) is 10.6. The van der Waals surface area contributed by atoms with Gasteiger partial charge in [0.15, 0.2) is 0 Å². The van der Waals surface area contributed by atoms with Gasteiger partial charge in [-0.2, -0.15) is 0 Å². The lowest BCUT2D eigenvalue weighted by Crippen LogP contribution is -2.31. The van der Waals surface area contributed by atoms with Crippen molar-refractivity contribution < 1.29 is 4.42 Å². The van der Waals surface area contributed by atoms with Crippen molar-refractivity contribution in [3.8, 4) is 22.3 Å². The zero-order chi connectivity index (χ0) is 41.0. The summed E-state index contributed by atoms with van der Waals surface area (Å²) in [6, 6.07) is 71.1. The molecule has 0 radical (unpaired) electrons. The third kappa shape index (κ3) is 5.17. The predicted molar refractivity (Wildman–Crippen MR) is 256 cm³/mol. The highest BCUT2D eigenvalue weighted by Crippen LogP contribution is 2.57. The van der Waals surface area contributed by atoms with Crippen LogP contribution >= 0.6 is 0 Å². The maximum absolute atomic E-state index is 6.73. The van der Waals surface area contributed by atoms with Crippen molar-refractivity contribution in [3.63, 3.8) is 0 Å². The van der Waals surface area contributed by atoms with Crippen molar-refractivity contribution in [2.75, 3.05) is 9.80 Å². The summed E-state index contributed by atoms with van der Waals surface area (Å²) in [6.07, 6.45) is 0. The number of nitrogens with zero attached hydrogens (tertiary/aromatic N) is 2. The Morgan fingerprint density at radius 2 is 0.984 bits per heavy atom. The quantitative estimate of drug-likeness (QED) is 0.173. The number of hydrogen-bond acceptors (Lipinski definition) is 3. The van der Waals surface area contributed by atoms with Gasteiger partial charge < -0.3 is 14.2 Å². The lowest BCUT2D eigenvalue weighted by molar-refractivity contribution is 0.632. The second-order valence-electron chi connectivity index (χ2n) is 17.7. The minimum Gasteiger partial charge on any atom is -0.455 e. The summed E-state index contributed by atoms with van der Waals surface area (Å²) in [7, 11) is 0. The van der Waals surface area contributed by atoms with Crippen LogP contribution in [-0.2, 0) is 10.8 Å². The van der Waals surface area contributed by atoms with Gasteiger partial charge in [-0.05, 0) is 93.4 Å². The molecule has 9 aromatic carbocycles. The zero-order valence-corrected chi connectivity index (χ0v) is 34.8. The van der Waals surface area contributed by atoms with E-state index in [-0.39, 0.29) is 10.8 Å². The normalized spacial score (nSPS) is 14.5. The lowest BCUT2D eigenvalue weighted by Gasteiger charge is -2.43. The van der Waals surface area contributed by atoms with Crippen LogP contribution in [0.5, 0.6) is 0 Å². The highest BCUT2D eigenvalue weighted by atomic mass is 16.3.